The number of nitrogens with zero attached hydrogens (tertiary/aromatic N) is 1. The summed E-state index contributed by atoms with van der Waals surface area (Å²) in [6.45, 7) is 1.76. The van der Waals surface area contributed by atoms with Crippen LogP contribution in [-0.4, -0.2) is 41.0 Å². The Morgan fingerprint density at radius 1 is 1.11 bits per heavy atom. The Labute approximate surface area is 203 Å². The van der Waals surface area contributed by atoms with Gasteiger partial charge in [-0.1, -0.05) is 12.1 Å². The largest absolute Gasteiger partial charge is 0.497 e. The zero-order valence-electron chi connectivity index (χ0n) is 19.4. The van der Waals surface area contributed by atoms with Crippen molar-refractivity contribution in [2.75, 3.05) is 30.4 Å². The highest BCUT2D eigenvalue weighted by atomic mass is 32.2. The molecular weight excluding hydrogens is 470 g/mol. The van der Waals surface area contributed by atoms with E-state index in [-0.39, 0.29) is 23.0 Å². The summed E-state index contributed by atoms with van der Waals surface area (Å²) in [6.07, 6.45) is 0. The number of sulfonamides is 1. The highest BCUT2D eigenvalue weighted by molar-refractivity contribution is 7.92. The van der Waals surface area contributed by atoms with Crippen LogP contribution in [0.2, 0.25) is 0 Å². The standard InChI is InChI=1S/C25H25N3O6S/c1-16(17-7-12-23-22(14-17)27-24(29)15-34-23)26-25(30)18-5-4-6-21(13-18)35(31,32)28(2)19-8-10-20(33-3)11-9-19/h4-14,16H,15H2,1-3H3,(H,26,30)(H,27,29). The van der Waals surface area contributed by atoms with Crippen molar-refractivity contribution in [3.63, 3.8) is 0 Å². The first-order chi connectivity index (χ1) is 16.7. The van der Waals surface area contributed by atoms with Gasteiger partial charge in [0.2, 0.25) is 0 Å². The van der Waals surface area contributed by atoms with Crippen LogP contribution in [0.4, 0.5) is 11.4 Å². The molecule has 10 heteroatoms. The predicted molar refractivity (Wildman–Crippen MR) is 131 cm³/mol. The van der Waals surface area contributed by atoms with Crippen molar-refractivity contribution in [3.8, 4) is 11.5 Å². The number of rotatable bonds is 7. The first kappa shape index (κ1) is 24.1. The first-order valence-corrected chi connectivity index (χ1v) is 12.2. The fourth-order valence-corrected chi connectivity index (χ4v) is 4.86. The van der Waals surface area contributed by atoms with Gasteiger partial charge in [0.1, 0.15) is 11.5 Å². The van der Waals surface area contributed by atoms with Crippen LogP contribution in [-0.2, 0) is 14.8 Å². The summed E-state index contributed by atoms with van der Waals surface area (Å²) in [5.74, 6) is 0.496. The highest BCUT2D eigenvalue weighted by Crippen LogP contribution is 2.31. The molecule has 0 bridgehead atoms. The third kappa shape index (κ3) is 5.07. The van der Waals surface area contributed by atoms with Crippen molar-refractivity contribution >= 4 is 33.2 Å². The molecule has 4 rings (SSSR count). The number of hydrogen-bond donors (Lipinski definition) is 2. The number of amides is 2. The molecule has 0 fully saturated rings. The summed E-state index contributed by atoms with van der Waals surface area (Å²) in [4.78, 5) is 24.5. The number of nitrogens with one attached hydrogen (secondary N) is 2. The van der Waals surface area contributed by atoms with Gasteiger partial charge in [-0.05, 0) is 67.1 Å². The molecule has 9 nitrogen and oxygen atoms in total. The molecule has 2 amide bonds. The number of carbonyl (C=O) groups excluding carboxylic acids is 2. The summed E-state index contributed by atoms with van der Waals surface area (Å²) < 4.78 is 38.0. The maximum atomic E-state index is 13.2. The summed E-state index contributed by atoms with van der Waals surface area (Å²) in [6, 6.07) is 17.4. The average Bonchev–Trinajstić information content (AvgIpc) is 2.87. The van der Waals surface area contributed by atoms with Gasteiger partial charge in [-0.2, -0.15) is 0 Å². The molecule has 1 atom stereocenters. The molecule has 1 unspecified atom stereocenters. The third-order valence-electron chi connectivity index (χ3n) is 5.67. The van der Waals surface area contributed by atoms with Crippen molar-refractivity contribution in [3.05, 3.63) is 77.9 Å². The molecule has 0 saturated carbocycles. The van der Waals surface area contributed by atoms with Crippen LogP contribution in [0.5, 0.6) is 11.5 Å². The van der Waals surface area contributed by atoms with Crippen LogP contribution in [0.3, 0.4) is 0 Å². The van der Waals surface area contributed by atoms with E-state index >= 15 is 0 Å². The molecule has 3 aromatic rings. The second-order valence-electron chi connectivity index (χ2n) is 7.99. The molecule has 0 aliphatic carbocycles. The molecule has 0 saturated heterocycles. The average molecular weight is 496 g/mol. The van der Waals surface area contributed by atoms with E-state index in [1.165, 1.54) is 32.4 Å². The van der Waals surface area contributed by atoms with Crippen molar-refractivity contribution in [2.24, 2.45) is 0 Å². The Bertz CT molecular complexity index is 1370. The normalized spacial score (nSPS) is 13.6. The Morgan fingerprint density at radius 3 is 2.57 bits per heavy atom. The van der Waals surface area contributed by atoms with E-state index in [1.807, 2.05) is 0 Å². The molecule has 1 aliphatic heterocycles. The van der Waals surface area contributed by atoms with Crippen molar-refractivity contribution in [2.45, 2.75) is 17.9 Å². The van der Waals surface area contributed by atoms with Gasteiger partial charge in [0.25, 0.3) is 21.8 Å². The molecule has 2 N–H and O–H groups in total. The van der Waals surface area contributed by atoms with Gasteiger partial charge in [0.05, 0.1) is 29.4 Å². The minimum atomic E-state index is -3.91. The first-order valence-electron chi connectivity index (χ1n) is 10.8. The van der Waals surface area contributed by atoms with E-state index in [4.69, 9.17) is 9.47 Å². The Hall–Kier alpha value is -4.05. The SMILES string of the molecule is COc1ccc(N(C)S(=O)(=O)c2cccc(C(=O)NC(C)c3ccc4c(c3)NC(=O)CO4)c2)cc1. The topological polar surface area (TPSA) is 114 Å². The van der Waals surface area contributed by atoms with Crippen molar-refractivity contribution in [1.29, 1.82) is 0 Å². The predicted octanol–water partition coefficient (Wildman–Crippen LogP) is 3.34. The number of fused-ring (bicyclic) bond motifs is 1. The minimum absolute atomic E-state index is 0.00948. The fourth-order valence-electron chi connectivity index (χ4n) is 3.62. The molecule has 0 radical (unpaired) electrons. The number of carbonyl (C=O) groups is 2. The van der Waals surface area contributed by atoms with Crippen LogP contribution in [0.1, 0.15) is 28.9 Å². The van der Waals surface area contributed by atoms with Gasteiger partial charge in [-0.3, -0.25) is 13.9 Å². The van der Waals surface area contributed by atoms with Gasteiger partial charge < -0.3 is 20.1 Å². The molecular formula is C25H25N3O6S. The monoisotopic (exact) mass is 495 g/mol. The van der Waals surface area contributed by atoms with E-state index in [2.05, 4.69) is 10.6 Å². The van der Waals surface area contributed by atoms with Crippen molar-refractivity contribution < 1.29 is 27.5 Å². The van der Waals surface area contributed by atoms with Gasteiger partial charge in [0.15, 0.2) is 6.61 Å². The van der Waals surface area contributed by atoms with E-state index < -0.39 is 22.0 Å². The maximum absolute atomic E-state index is 13.2. The van der Waals surface area contributed by atoms with E-state index in [1.54, 1.807) is 55.5 Å². The zero-order valence-corrected chi connectivity index (χ0v) is 20.3. The number of hydrogen-bond acceptors (Lipinski definition) is 6. The maximum Gasteiger partial charge on any atom is 0.264 e. The zero-order chi connectivity index (χ0) is 25.2. The smallest absolute Gasteiger partial charge is 0.264 e. The molecule has 0 aromatic heterocycles. The molecule has 1 heterocycles. The lowest BCUT2D eigenvalue weighted by Gasteiger charge is -2.21. The van der Waals surface area contributed by atoms with E-state index in [9.17, 15) is 18.0 Å². The number of anilines is 2. The van der Waals surface area contributed by atoms with Crippen LogP contribution in [0, 0.1) is 0 Å². The molecule has 1 aliphatic rings. The van der Waals surface area contributed by atoms with Crippen LogP contribution < -0.4 is 24.4 Å². The van der Waals surface area contributed by atoms with E-state index in [0.29, 0.717) is 22.9 Å². The van der Waals surface area contributed by atoms with Gasteiger partial charge in [-0.15, -0.1) is 0 Å². The van der Waals surface area contributed by atoms with Gasteiger partial charge in [-0.25, -0.2) is 8.42 Å². The fraction of sp³-hybridized carbons (Fsp3) is 0.200. The van der Waals surface area contributed by atoms with E-state index in [0.717, 1.165) is 9.87 Å². The molecule has 182 valence electrons. The second kappa shape index (κ2) is 9.67. The van der Waals surface area contributed by atoms with Crippen LogP contribution in [0.25, 0.3) is 0 Å². The number of ether oxygens (including phenoxy) is 2. The van der Waals surface area contributed by atoms with Crippen LogP contribution >= 0.6 is 0 Å². The molecule has 3 aromatic carbocycles. The highest BCUT2D eigenvalue weighted by Gasteiger charge is 2.23. The lowest BCUT2D eigenvalue weighted by molar-refractivity contribution is -0.118. The Kier molecular flexibility index (Phi) is 6.65. The number of methoxy groups -OCH3 is 1. The van der Waals surface area contributed by atoms with Gasteiger partial charge >= 0.3 is 0 Å². The summed E-state index contributed by atoms with van der Waals surface area (Å²) in [5.41, 5.74) is 1.95. The molecule has 0 spiro atoms. The van der Waals surface area contributed by atoms with Crippen molar-refractivity contribution in [1.82, 2.24) is 5.32 Å². The second-order valence-corrected chi connectivity index (χ2v) is 9.96. The quantitative estimate of drug-likeness (QED) is 0.520. The summed E-state index contributed by atoms with van der Waals surface area (Å²) in [7, 11) is -0.924. The summed E-state index contributed by atoms with van der Waals surface area (Å²) in [5, 5.41) is 5.61. The molecule has 35 heavy (non-hydrogen) atoms. The lowest BCUT2D eigenvalue weighted by atomic mass is 10.1. The third-order valence-corrected chi connectivity index (χ3v) is 7.46. The Morgan fingerprint density at radius 2 is 1.86 bits per heavy atom. The minimum Gasteiger partial charge on any atom is -0.497 e. The summed E-state index contributed by atoms with van der Waals surface area (Å²) >= 11 is 0. The van der Waals surface area contributed by atoms with Gasteiger partial charge in [0, 0.05) is 12.6 Å². The number of benzene rings is 3. The Balaban J connectivity index is 1.51. The van der Waals surface area contributed by atoms with Crippen LogP contribution in [0.15, 0.2) is 71.6 Å². The lowest BCUT2D eigenvalue weighted by Crippen LogP contribution is -2.29.